The molecule has 0 aromatic heterocycles. The normalized spacial score (nSPS) is 21.5. The van der Waals surface area contributed by atoms with E-state index in [2.05, 4.69) is 0 Å². The van der Waals surface area contributed by atoms with Crippen LogP contribution in [-0.2, 0) is 19.0 Å². The molecule has 0 radical (unpaired) electrons. The van der Waals surface area contributed by atoms with Crippen molar-refractivity contribution in [1.29, 1.82) is 0 Å². The summed E-state index contributed by atoms with van der Waals surface area (Å²) in [6, 6.07) is 13.4. The first-order valence-corrected chi connectivity index (χ1v) is 13.2. The van der Waals surface area contributed by atoms with E-state index in [9.17, 15) is 14.4 Å². The third kappa shape index (κ3) is 4.32. The molecule has 11 heteroatoms. The summed E-state index contributed by atoms with van der Waals surface area (Å²) in [5.74, 6) is -1.43. The smallest absolute Gasteiger partial charge is 0.339 e. The van der Waals surface area contributed by atoms with E-state index in [4.69, 9.17) is 37.9 Å². The van der Waals surface area contributed by atoms with Gasteiger partial charge in [0, 0.05) is 17.4 Å². The van der Waals surface area contributed by atoms with Crippen molar-refractivity contribution in [3.63, 3.8) is 0 Å². The first-order valence-electron chi connectivity index (χ1n) is 13.2. The quantitative estimate of drug-likeness (QED) is 0.299. The molecule has 0 saturated carbocycles. The fourth-order valence-corrected chi connectivity index (χ4v) is 6.07. The van der Waals surface area contributed by atoms with Gasteiger partial charge in [0.1, 0.15) is 6.10 Å². The average Bonchev–Trinajstić information content (AvgIpc) is 3.64. The van der Waals surface area contributed by atoms with Crippen molar-refractivity contribution in [2.24, 2.45) is 11.8 Å². The zero-order valence-corrected chi connectivity index (χ0v) is 23.3. The summed E-state index contributed by atoms with van der Waals surface area (Å²) in [7, 11) is 5.78. The highest BCUT2D eigenvalue weighted by molar-refractivity contribution is 6.03. The molecule has 3 aromatic rings. The third-order valence-corrected chi connectivity index (χ3v) is 7.95. The molecule has 1 fully saturated rings. The molecule has 218 valence electrons. The van der Waals surface area contributed by atoms with Gasteiger partial charge in [-0.1, -0.05) is 12.1 Å². The highest BCUT2D eigenvalue weighted by Crippen LogP contribution is 2.56. The van der Waals surface area contributed by atoms with Gasteiger partial charge in [-0.25, -0.2) is 9.59 Å². The molecule has 0 amide bonds. The van der Waals surface area contributed by atoms with Crippen molar-refractivity contribution in [1.82, 2.24) is 0 Å². The van der Waals surface area contributed by atoms with E-state index in [0.29, 0.717) is 45.4 Å². The van der Waals surface area contributed by atoms with Crippen LogP contribution in [-0.4, -0.2) is 59.7 Å². The Labute approximate surface area is 241 Å². The lowest BCUT2D eigenvalue weighted by Gasteiger charge is -2.38. The van der Waals surface area contributed by atoms with Crippen molar-refractivity contribution >= 4 is 17.9 Å². The van der Waals surface area contributed by atoms with Gasteiger partial charge < -0.3 is 37.9 Å². The topological polar surface area (TPSA) is 125 Å². The Morgan fingerprint density at radius 3 is 2.00 bits per heavy atom. The molecule has 1 aliphatic carbocycles. The number of benzene rings is 3. The highest BCUT2D eigenvalue weighted by Gasteiger charge is 2.54. The summed E-state index contributed by atoms with van der Waals surface area (Å²) in [5.41, 5.74) is 2.13. The maximum atomic E-state index is 13.6. The van der Waals surface area contributed by atoms with E-state index < -0.39 is 41.8 Å². The second-order valence-electron chi connectivity index (χ2n) is 9.95. The third-order valence-electron chi connectivity index (χ3n) is 7.95. The predicted octanol–water partition coefficient (Wildman–Crippen LogP) is 4.06. The number of hydrogen-bond donors (Lipinski definition) is 0. The Hall–Kier alpha value is -4.93. The predicted molar refractivity (Wildman–Crippen MR) is 144 cm³/mol. The number of ether oxygens (including phenoxy) is 8. The maximum Gasteiger partial charge on any atom is 0.339 e. The van der Waals surface area contributed by atoms with Gasteiger partial charge in [0.25, 0.3) is 0 Å². The molecule has 2 aliphatic heterocycles. The van der Waals surface area contributed by atoms with E-state index in [0.717, 1.165) is 0 Å². The largest absolute Gasteiger partial charge is 0.493 e. The van der Waals surface area contributed by atoms with Crippen LogP contribution in [0.1, 0.15) is 49.4 Å². The van der Waals surface area contributed by atoms with Gasteiger partial charge in [0.05, 0.1) is 52.1 Å². The molecule has 3 aromatic carbocycles. The lowest BCUT2D eigenvalue weighted by molar-refractivity contribution is -0.141. The zero-order valence-electron chi connectivity index (χ0n) is 23.3. The fraction of sp³-hybridized carbons (Fsp3) is 0.323. The van der Waals surface area contributed by atoms with Crippen molar-refractivity contribution in [2.75, 3.05) is 41.8 Å². The van der Waals surface area contributed by atoms with E-state index >= 15 is 0 Å². The summed E-state index contributed by atoms with van der Waals surface area (Å²) in [5, 5.41) is 0. The van der Waals surface area contributed by atoms with Gasteiger partial charge in [-0.2, -0.15) is 0 Å². The van der Waals surface area contributed by atoms with Crippen LogP contribution in [0.15, 0.2) is 48.5 Å². The minimum Gasteiger partial charge on any atom is -0.493 e. The van der Waals surface area contributed by atoms with Gasteiger partial charge in [-0.3, -0.25) is 4.79 Å². The molecule has 1 saturated heterocycles. The van der Waals surface area contributed by atoms with Crippen molar-refractivity contribution < 1.29 is 52.3 Å². The van der Waals surface area contributed by atoms with Gasteiger partial charge in [0.15, 0.2) is 23.0 Å². The molecule has 6 rings (SSSR count). The SMILES string of the molecule is COC(=O)c1ccccc1C(=O)O[C@@H]1c2cc3c(cc2[C@@H](c2cc(OC)c(OC)c(OC)c2)[C@H]2C(=O)OC[C@@H]21)OCO3. The second kappa shape index (κ2) is 10.8. The fourth-order valence-electron chi connectivity index (χ4n) is 6.07. The van der Waals surface area contributed by atoms with E-state index in [1.54, 1.807) is 36.4 Å². The number of carbonyl (C=O) groups excluding carboxylic acids is 3. The van der Waals surface area contributed by atoms with Gasteiger partial charge >= 0.3 is 17.9 Å². The molecular formula is C31H28O11. The first kappa shape index (κ1) is 27.3. The number of hydrogen-bond acceptors (Lipinski definition) is 11. The van der Waals surface area contributed by atoms with Crippen molar-refractivity contribution in [3.05, 3.63) is 76.3 Å². The molecular weight excluding hydrogens is 548 g/mol. The van der Waals surface area contributed by atoms with Crippen LogP contribution in [0, 0.1) is 11.8 Å². The van der Waals surface area contributed by atoms with Crippen LogP contribution in [0.3, 0.4) is 0 Å². The van der Waals surface area contributed by atoms with E-state index in [-0.39, 0.29) is 24.5 Å². The molecule has 0 spiro atoms. The Bertz CT molecular complexity index is 1550. The Morgan fingerprint density at radius 2 is 1.40 bits per heavy atom. The minimum atomic E-state index is -0.901. The molecule has 3 aliphatic rings. The highest BCUT2D eigenvalue weighted by atomic mass is 16.7. The van der Waals surface area contributed by atoms with Gasteiger partial charge in [-0.05, 0) is 47.5 Å². The van der Waals surface area contributed by atoms with Crippen molar-refractivity contribution in [3.8, 4) is 28.7 Å². The molecule has 4 atom stereocenters. The van der Waals surface area contributed by atoms with E-state index in [1.807, 2.05) is 0 Å². The maximum absolute atomic E-state index is 13.6. The summed E-state index contributed by atoms with van der Waals surface area (Å²) < 4.78 is 44.6. The Balaban J connectivity index is 1.51. The summed E-state index contributed by atoms with van der Waals surface area (Å²) in [6.07, 6.45) is -0.901. The van der Waals surface area contributed by atoms with Crippen LogP contribution in [0.25, 0.3) is 0 Å². The Morgan fingerprint density at radius 1 is 0.786 bits per heavy atom. The minimum absolute atomic E-state index is 0.0227. The average molecular weight is 577 g/mol. The van der Waals surface area contributed by atoms with Crippen LogP contribution >= 0.6 is 0 Å². The van der Waals surface area contributed by atoms with Crippen LogP contribution in [0.2, 0.25) is 0 Å². The lowest BCUT2D eigenvalue weighted by Crippen LogP contribution is -2.36. The van der Waals surface area contributed by atoms with Gasteiger partial charge in [-0.15, -0.1) is 0 Å². The molecule has 0 unspecified atom stereocenters. The van der Waals surface area contributed by atoms with Gasteiger partial charge in [0.2, 0.25) is 12.5 Å². The molecule has 2 heterocycles. The number of fused-ring (bicyclic) bond motifs is 3. The molecule has 0 bridgehead atoms. The standard InChI is InChI=1S/C31H28O11/c1-35-23-9-15(10-24(36-2)28(23)37-3)25-18-11-21-22(41-14-40-21)12-19(18)27(20-13-39-31(34)26(20)25)42-30(33)17-8-6-5-7-16(17)29(32)38-4/h5-12,20,25-27H,13-14H2,1-4H3/t20-,25+,26-,27+/m0/s1. The van der Waals surface area contributed by atoms with E-state index in [1.165, 1.54) is 40.6 Å². The number of rotatable bonds is 7. The van der Waals surface area contributed by atoms with Crippen LogP contribution in [0.4, 0.5) is 0 Å². The molecule has 0 N–H and O–H groups in total. The first-order chi connectivity index (χ1) is 20.4. The zero-order chi connectivity index (χ0) is 29.5. The van der Waals surface area contributed by atoms with Crippen LogP contribution < -0.4 is 23.7 Å². The number of methoxy groups -OCH3 is 4. The summed E-state index contributed by atoms with van der Waals surface area (Å²) in [6.45, 7) is 0.0494. The van der Waals surface area contributed by atoms with Crippen molar-refractivity contribution in [2.45, 2.75) is 12.0 Å². The Kier molecular flexibility index (Phi) is 7.01. The summed E-state index contributed by atoms with van der Waals surface area (Å²) >= 11 is 0. The molecule has 11 nitrogen and oxygen atoms in total. The second-order valence-corrected chi connectivity index (χ2v) is 9.95. The monoisotopic (exact) mass is 576 g/mol. The lowest BCUT2D eigenvalue weighted by atomic mass is 9.66. The summed E-state index contributed by atoms with van der Waals surface area (Å²) in [4.78, 5) is 39.4. The molecule has 42 heavy (non-hydrogen) atoms. The number of carbonyl (C=O) groups is 3. The number of esters is 3. The van der Waals surface area contributed by atoms with Crippen LogP contribution in [0.5, 0.6) is 28.7 Å². The number of cyclic esters (lactones) is 1.